The molecule has 172 valence electrons. The van der Waals surface area contributed by atoms with Crippen molar-refractivity contribution in [1.82, 2.24) is 0 Å². The Kier molecular flexibility index (Phi) is 6.64. The lowest BCUT2D eigenvalue weighted by atomic mass is 9.69. The summed E-state index contributed by atoms with van der Waals surface area (Å²) in [6.07, 6.45) is 0.872. The maximum atomic E-state index is 13.5. The molecule has 0 saturated heterocycles. The number of phenolic OH excluding ortho intramolecular Hbond substituents is 1. The average molecular weight is 533 g/mol. The SMILES string of the molecule is COC(=O)C1C(C)=NC2=C(C(=O)C[C@@H](c3ccc(Cl)cc3)C2)[C@@H]1c1cc(Br)c(O)c(OC)c1. The van der Waals surface area contributed by atoms with Gasteiger partial charge in [-0.1, -0.05) is 23.7 Å². The van der Waals surface area contributed by atoms with E-state index in [4.69, 9.17) is 26.1 Å². The zero-order valence-corrected chi connectivity index (χ0v) is 20.7. The van der Waals surface area contributed by atoms with Crippen LogP contribution in [0.4, 0.5) is 0 Å². The van der Waals surface area contributed by atoms with E-state index in [1.807, 2.05) is 24.3 Å². The first-order valence-electron chi connectivity index (χ1n) is 10.5. The third-order valence-corrected chi connectivity index (χ3v) is 7.17. The zero-order valence-electron chi connectivity index (χ0n) is 18.4. The predicted octanol–water partition coefficient (Wildman–Crippen LogP) is 5.56. The van der Waals surface area contributed by atoms with Crippen molar-refractivity contribution in [3.05, 3.63) is 68.3 Å². The lowest BCUT2D eigenvalue weighted by molar-refractivity contribution is -0.143. The number of Topliss-reactive ketones (excluding diaryl/α,β-unsaturated/α-hetero) is 1. The smallest absolute Gasteiger partial charge is 0.315 e. The maximum absolute atomic E-state index is 13.5. The molecule has 3 atom stereocenters. The third-order valence-electron chi connectivity index (χ3n) is 6.31. The van der Waals surface area contributed by atoms with E-state index in [-0.39, 0.29) is 23.2 Å². The maximum Gasteiger partial charge on any atom is 0.315 e. The molecule has 1 aliphatic heterocycles. The van der Waals surface area contributed by atoms with Crippen molar-refractivity contribution < 1.29 is 24.2 Å². The quantitative estimate of drug-likeness (QED) is 0.521. The van der Waals surface area contributed by atoms with Crippen molar-refractivity contribution in [3.8, 4) is 11.5 Å². The molecule has 2 aliphatic rings. The van der Waals surface area contributed by atoms with E-state index in [9.17, 15) is 14.7 Å². The number of hydrogen-bond donors (Lipinski definition) is 1. The normalized spacial score (nSPS) is 22.5. The summed E-state index contributed by atoms with van der Waals surface area (Å²) in [5.41, 5.74) is 3.45. The largest absolute Gasteiger partial charge is 0.503 e. The molecule has 2 aromatic carbocycles. The topological polar surface area (TPSA) is 85.2 Å². The van der Waals surface area contributed by atoms with E-state index < -0.39 is 17.8 Å². The number of ether oxygens (including phenoxy) is 2. The number of hydrogen-bond acceptors (Lipinski definition) is 6. The molecule has 4 rings (SSSR count). The van der Waals surface area contributed by atoms with Gasteiger partial charge in [0.05, 0.1) is 18.7 Å². The molecule has 0 spiro atoms. The van der Waals surface area contributed by atoms with Crippen LogP contribution in [0.25, 0.3) is 0 Å². The highest BCUT2D eigenvalue weighted by Gasteiger charge is 2.45. The van der Waals surface area contributed by atoms with Gasteiger partial charge >= 0.3 is 5.97 Å². The summed E-state index contributed by atoms with van der Waals surface area (Å²) in [4.78, 5) is 31.1. The van der Waals surface area contributed by atoms with Crippen molar-refractivity contribution >= 4 is 45.0 Å². The van der Waals surface area contributed by atoms with Crippen LogP contribution in [0.5, 0.6) is 11.5 Å². The van der Waals surface area contributed by atoms with Gasteiger partial charge in [-0.3, -0.25) is 14.6 Å². The number of methoxy groups -OCH3 is 2. The lowest BCUT2D eigenvalue weighted by Gasteiger charge is -2.36. The summed E-state index contributed by atoms with van der Waals surface area (Å²) in [5.74, 6) is -1.73. The Morgan fingerprint density at radius 1 is 1.15 bits per heavy atom. The molecular formula is C25H23BrClNO5. The zero-order chi connectivity index (χ0) is 23.9. The summed E-state index contributed by atoms with van der Waals surface area (Å²) in [7, 11) is 2.77. The van der Waals surface area contributed by atoms with Crippen LogP contribution in [-0.2, 0) is 14.3 Å². The first kappa shape index (κ1) is 23.5. The van der Waals surface area contributed by atoms with Crippen LogP contribution < -0.4 is 4.74 Å². The van der Waals surface area contributed by atoms with Crippen LogP contribution in [0, 0.1) is 5.92 Å². The summed E-state index contributed by atoms with van der Waals surface area (Å²) in [6.45, 7) is 1.78. The molecule has 6 nitrogen and oxygen atoms in total. The van der Waals surface area contributed by atoms with Crippen LogP contribution >= 0.6 is 27.5 Å². The van der Waals surface area contributed by atoms with E-state index in [2.05, 4.69) is 15.9 Å². The van der Waals surface area contributed by atoms with E-state index in [1.54, 1.807) is 19.1 Å². The number of aromatic hydroxyl groups is 1. The predicted molar refractivity (Wildman–Crippen MR) is 129 cm³/mol. The van der Waals surface area contributed by atoms with Crippen LogP contribution in [0.2, 0.25) is 5.02 Å². The van der Waals surface area contributed by atoms with Gasteiger partial charge < -0.3 is 14.6 Å². The standard InChI is InChI=1S/C25H23BrClNO5/c1-12-21(25(31)33-3)22(15-8-17(26)24(30)20(11-15)32-2)23-18(28-12)9-14(10-19(23)29)13-4-6-16(27)7-5-13/h4-8,11,14,21-22,30H,9-10H2,1-3H3/t14-,21?,22+/m0/s1. The minimum Gasteiger partial charge on any atom is -0.503 e. The Hall–Kier alpha value is -2.64. The van der Waals surface area contributed by atoms with E-state index in [0.29, 0.717) is 44.9 Å². The van der Waals surface area contributed by atoms with Crippen molar-refractivity contribution in [2.45, 2.75) is 31.6 Å². The molecule has 0 aromatic heterocycles. The first-order valence-corrected chi connectivity index (χ1v) is 11.6. The third kappa shape index (κ3) is 4.32. The fourth-order valence-electron chi connectivity index (χ4n) is 4.75. The molecule has 1 aliphatic carbocycles. The highest BCUT2D eigenvalue weighted by Crippen LogP contribution is 2.49. The summed E-state index contributed by atoms with van der Waals surface area (Å²) in [5, 5.41) is 10.9. The number of halogens is 2. The Labute approximate surface area is 205 Å². The second kappa shape index (κ2) is 9.31. The molecule has 0 radical (unpaired) electrons. The fourth-order valence-corrected chi connectivity index (χ4v) is 5.34. The summed E-state index contributed by atoms with van der Waals surface area (Å²) < 4.78 is 10.8. The van der Waals surface area contributed by atoms with Gasteiger partial charge in [-0.15, -0.1) is 0 Å². The van der Waals surface area contributed by atoms with Gasteiger partial charge in [-0.2, -0.15) is 0 Å². The average Bonchev–Trinajstić information content (AvgIpc) is 2.79. The van der Waals surface area contributed by atoms with Crippen molar-refractivity contribution in [2.24, 2.45) is 10.9 Å². The Morgan fingerprint density at radius 3 is 2.48 bits per heavy atom. The van der Waals surface area contributed by atoms with Crippen molar-refractivity contribution in [1.29, 1.82) is 0 Å². The number of rotatable bonds is 4. The van der Waals surface area contributed by atoms with Gasteiger partial charge in [0.25, 0.3) is 0 Å². The lowest BCUT2D eigenvalue weighted by Crippen LogP contribution is -2.37. The molecule has 33 heavy (non-hydrogen) atoms. The molecule has 0 amide bonds. The molecule has 1 heterocycles. The molecule has 0 saturated carbocycles. The number of ketones is 1. The number of nitrogens with zero attached hydrogens (tertiary/aromatic N) is 1. The van der Waals surface area contributed by atoms with Crippen molar-refractivity contribution in [3.63, 3.8) is 0 Å². The number of phenols is 1. The number of esters is 1. The van der Waals surface area contributed by atoms with E-state index in [0.717, 1.165) is 5.56 Å². The minimum absolute atomic E-state index is 0.0264. The van der Waals surface area contributed by atoms with Gasteiger partial charge in [0, 0.05) is 34.3 Å². The number of carbonyl (C=O) groups is 2. The number of aliphatic imine (C=N–C) groups is 1. The van der Waals surface area contributed by atoms with Crippen LogP contribution in [0.15, 0.2) is 57.1 Å². The monoisotopic (exact) mass is 531 g/mol. The van der Waals surface area contributed by atoms with Gasteiger partial charge in [0.1, 0.15) is 5.92 Å². The highest BCUT2D eigenvalue weighted by molar-refractivity contribution is 9.10. The van der Waals surface area contributed by atoms with Gasteiger partial charge in [-0.05, 0) is 70.6 Å². The Morgan fingerprint density at radius 2 is 1.85 bits per heavy atom. The van der Waals surface area contributed by atoms with Crippen molar-refractivity contribution in [2.75, 3.05) is 14.2 Å². The highest BCUT2D eigenvalue weighted by atomic mass is 79.9. The molecule has 0 bridgehead atoms. The number of allylic oxidation sites excluding steroid dienone is 2. The van der Waals surface area contributed by atoms with Crippen LogP contribution in [0.3, 0.4) is 0 Å². The Bertz CT molecular complexity index is 1190. The molecule has 2 aromatic rings. The van der Waals surface area contributed by atoms with Gasteiger partial charge in [0.2, 0.25) is 0 Å². The van der Waals surface area contributed by atoms with Gasteiger partial charge in [0.15, 0.2) is 17.3 Å². The number of benzene rings is 2. The molecule has 8 heteroatoms. The molecular weight excluding hydrogens is 510 g/mol. The first-order chi connectivity index (χ1) is 15.7. The second-order valence-electron chi connectivity index (χ2n) is 8.23. The second-order valence-corrected chi connectivity index (χ2v) is 9.52. The summed E-state index contributed by atoms with van der Waals surface area (Å²) in [6, 6.07) is 10.9. The minimum atomic E-state index is -0.758. The molecule has 0 fully saturated rings. The van der Waals surface area contributed by atoms with Gasteiger partial charge in [-0.25, -0.2) is 0 Å². The summed E-state index contributed by atoms with van der Waals surface area (Å²) >= 11 is 9.38. The fraction of sp³-hybridized carbons (Fsp3) is 0.320. The van der Waals surface area contributed by atoms with Crippen LogP contribution in [0.1, 0.15) is 42.7 Å². The van der Waals surface area contributed by atoms with E-state index in [1.165, 1.54) is 14.2 Å². The molecule has 1 unspecified atom stereocenters. The Balaban J connectivity index is 1.85. The number of carbonyl (C=O) groups excluding carboxylic acids is 2. The molecule has 1 N–H and O–H groups in total. The van der Waals surface area contributed by atoms with Crippen LogP contribution in [-0.4, -0.2) is 36.8 Å². The van der Waals surface area contributed by atoms with E-state index >= 15 is 0 Å².